The molecule has 1 aliphatic rings. The van der Waals surface area contributed by atoms with Crippen molar-refractivity contribution in [2.45, 2.75) is 35.5 Å². The lowest BCUT2D eigenvalue weighted by atomic mass is 9.83. The zero-order valence-electron chi connectivity index (χ0n) is 12.9. The standard InChI is InChI=1S/C19H16F2INS/c20-17-9-15(10-18(21)19(17)23-11-24)14-3-1-12(2-4-14)13-5-7-16(22)8-6-13/h1-4,9-10,13,16H,5-8H2. The third-order valence-electron chi connectivity index (χ3n) is 4.55. The lowest BCUT2D eigenvalue weighted by Gasteiger charge is -2.25. The number of isothiocyanates is 1. The SMILES string of the molecule is Fc1cc(-c2ccc(C3CCC(I)CC3)cc2)cc(F)c1N=C=S. The third kappa shape index (κ3) is 3.90. The van der Waals surface area contributed by atoms with Crippen LogP contribution in [-0.4, -0.2) is 9.09 Å². The van der Waals surface area contributed by atoms with Crippen molar-refractivity contribution in [2.24, 2.45) is 4.99 Å². The molecule has 0 amide bonds. The molecule has 0 radical (unpaired) electrons. The smallest absolute Gasteiger partial charge is 0.153 e. The van der Waals surface area contributed by atoms with E-state index >= 15 is 0 Å². The summed E-state index contributed by atoms with van der Waals surface area (Å²) >= 11 is 6.94. The van der Waals surface area contributed by atoms with E-state index in [-0.39, 0.29) is 5.69 Å². The predicted molar refractivity (Wildman–Crippen MR) is 105 cm³/mol. The Morgan fingerprint density at radius 2 is 1.54 bits per heavy atom. The molecule has 0 saturated heterocycles. The number of benzene rings is 2. The zero-order chi connectivity index (χ0) is 17.1. The first-order chi connectivity index (χ1) is 11.6. The maximum Gasteiger partial charge on any atom is 0.153 e. The number of aliphatic imine (C=N–C) groups is 1. The van der Waals surface area contributed by atoms with E-state index in [1.807, 2.05) is 17.3 Å². The molecule has 124 valence electrons. The molecule has 0 aliphatic heterocycles. The second-order valence-corrected chi connectivity index (χ2v) is 8.01. The van der Waals surface area contributed by atoms with Crippen LogP contribution in [0.25, 0.3) is 11.1 Å². The Labute approximate surface area is 159 Å². The molecule has 24 heavy (non-hydrogen) atoms. The average molecular weight is 455 g/mol. The lowest BCUT2D eigenvalue weighted by molar-refractivity contribution is 0.462. The minimum absolute atomic E-state index is 0.388. The quantitative estimate of drug-likeness (QED) is 0.214. The summed E-state index contributed by atoms with van der Waals surface area (Å²) in [6.45, 7) is 0. The minimum Gasteiger partial charge on any atom is -0.204 e. The fourth-order valence-corrected chi connectivity index (χ4v) is 4.03. The molecule has 3 rings (SSSR count). The summed E-state index contributed by atoms with van der Waals surface area (Å²) in [5.74, 6) is -0.864. The van der Waals surface area contributed by atoms with Gasteiger partial charge in [0.25, 0.3) is 0 Å². The molecule has 0 N–H and O–H groups in total. The molecule has 0 spiro atoms. The van der Waals surface area contributed by atoms with Crippen LogP contribution in [0.15, 0.2) is 41.4 Å². The number of hydrogen-bond acceptors (Lipinski definition) is 2. The van der Waals surface area contributed by atoms with Crippen molar-refractivity contribution in [2.75, 3.05) is 0 Å². The predicted octanol–water partition coefficient (Wildman–Crippen LogP) is 6.83. The van der Waals surface area contributed by atoms with Crippen LogP contribution in [0.2, 0.25) is 0 Å². The maximum atomic E-state index is 14.0. The minimum atomic E-state index is -0.730. The molecule has 1 saturated carbocycles. The van der Waals surface area contributed by atoms with Crippen LogP contribution in [0, 0.1) is 11.6 Å². The van der Waals surface area contributed by atoms with Gasteiger partial charge in [-0.1, -0.05) is 46.9 Å². The summed E-state index contributed by atoms with van der Waals surface area (Å²) in [6.07, 6.45) is 4.93. The van der Waals surface area contributed by atoms with E-state index < -0.39 is 11.6 Å². The van der Waals surface area contributed by atoms with Crippen LogP contribution in [0.1, 0.15) is 37.2 Å². The van der Waals surface area contributed by atoms with Crippen molar-refractivity contribution in [3.63, 3.8) is 0 Å². The number of thiocarbonyl (C=S) groups is 1. The van der Waals surface area contributed by atoms with E-state index in [2.05, 4.69) is 51.9 Å². The Bertz CT molecular complexity index is 753. The van der Waals surface area contributed by atoms with Crippen molar-refractivity contribution >= 4 is 45.7 Å². The monoisotopic (exact) mass is 455 g/mol. The van der Waals surface area contributed by atoms with Crippen molar-refractivity contribution < 1.29 is 8.78 Å². The van der Waals surface area contributed by atoms with E-state index in [1.165, 1.54) is 43.4 Å². The molecule has 5 heteroatoms. The van der Waals surface area contributed by atoms with Gasteiger partial charge in [-0.15, -0.1) is 0 Å². The highest BCUT2D eigenvalue weighted by Crippen LogP contribution is 2.36. The molecule has 0 bridgehead atoms. The van der Waals surface area contributed by atoms with E-state index in [9.17, 15) is 8.78 Å². The fraction of sp³-hybridized carbons (Fsp3) is 0.316. The van der Waals surface area contributed by atoms with Crippen molar-refractivity contribution in [1.29, 1.82) is 0 Å². The van der Waals surface area contributed by atoms with Gasteiger partial charge in [0.1, 0.15) is 5.69 Å². The molecular weight excluding hydrogens is 439 g/mol. The molecule has 0 unspecified atom stereocenters. The van der Waals surface area contributed by atoms with Crippen molar-refractivity contribution in [1.82, 2.24) is 0 Å². The van der Waals surface area contributed by atoms with Crippen LogP contribution in [0.5, 0.6) is 0 Å². The number of nitrogens with zero attached hydrogens (tertiary/aromatic N) is 1. The molecule has 0 atom stereocenters. The molecule has 2 aromatic carbocycles. The fourth-order valence-electron chi connectivity index (χ4n) is 3.22. The van der Waals surface area contributed by atoms with Gasteiger partial charge >= 0.3 is 0 Å². The highest BCUT2D eigenvalue weighted by Gasteiger charge is 2.20. The Morgan fingerprint density at radius 1 is 0.958 bits per heavy atom. The van der Waals surface area contributed by atoms with E-state index in [0.29, 0.717) is 11.5 Å². The number of halogens is 3. The molecule has 1 fully saturated rings. The largest absolute Gasteiger partial charge is 0.204 e. The van der Waals surface area contributed by atoms with Gasteiger partial charge in [0, 0.05) is 3.92 Å². The first-order valence-electron chi connectivity index (χ1n) is 7.90. The molecule has 0 aromatic heterocycles. The summed E-state index contributed by atoms with van der Waals surface area (Å²) in [5, 5.41) is 2.00. The summed E-state index contributed by atoms with van der Waals surface area (Å²) < 4.78 is 28.7. The number of hydrogen-bond donors (Lipinski definition) is 0. The van der Waals surface area contributed by atoms with Crippen molar-refractivity contribution in [3.8, 4) is 11.1 Å². The van der Waals surface area contributed by atoms with Gasteiger partial charge in [-0.25, -0.2) is 8.78 Å². The zero-order valence-corrected chi connectivity index (χ0v) is 15.9. The van der Waals surface area contributed by atoms with Crippen LogP contribution < -0.4 is 0 Å². The van der Waals surface area contributed by atoms with Gasteiger partial charge in [-0.2, -0.15) is 4.99 Å². The van der Waals surface area contributed by atoms with Gasteiger partial charge in [0.2, 0.25) is 0 Å². The first kappa shape index (κ1) is 17.6. The average Bonchev–Trinajstić information content (AvgIpc) is 2.59. The van der Waals surface area contributed by atoms with Gasteiger partial charge in [0.05, 0.1) is 5.16 Å². The van der Waals surface area contributed by atoms with E-state index in [1.54, 1.807) is 0 Å². The lowest BCUT2D eigenvalue weighted by Crippen LogP contribution is -2.12. The topological polar surface area (TPSA) is 12.4 Å². The van der Waals surface area contributed by atoms with Gasteiger partial charge in [-0.3, -0.25) is 0 Å². The highest BCUT2D eigenvalue weighted by molar-refractivity contribution is 14.1. The highest BCUT2D eigenvalue weighted by atomic mass is 127. The summed E-state index contributed by atoms with van der Waals surface area (Å²) in [4.78, 5) is 3.44. The molecule has 2 aromatic rings. The van der Waals surface area contributed by atoms with Gasteiger partial charge in [0.15, 0.2) is 11.6 Å². The molecular formula is C19H16F2INS. The number of alkyl halides is 1. The van der Waals surface area contributed by atoms with E-state index in [4.69, 9.17) is 0 Å². The first-order valence-corrected chi connectivity index (χ1v) is 9.55. The molecule has 1 nitrogen and oxygen atoms in total. The van der Waals surface area contributed by atoms with Gasteiger partial charge < -0.3 is 0 Å². The number of rotatable bonds is 3. The molecule has 0 heterocycles. The third-order valence-corrected chi connectivity index (χ3v) is 5.88. The second kappa shape index (κ2) is 7.81. The van der Waals surface area contributed by atoms with Crippen LogP contribution in [-0.2, 0) is 0 Å². The summed E-state index contributed by atoms with van der Waals surface area (Å²) in [5.41, 5.74) is 2.21. The Kier molecular flexibility index (Phi) is 5.74. The van der Waals surface area contributed by atoms with Crippen LogP contribution in [0.4, 0.5) is 14.5 Å². The maximum absolute atomic E-state index is 14.0. The Balaban J connectivity index is 1.84. The summed E-state index contributed by atoms with van der Waals surface area (Å²) in [6, 6.07) is 10.6. The van der Waals surface area contributed by atoms with Crippen molar-refractivity contribution in [3.05, 3.63) is 53.6 Å². The van der Waals surface area contributed by atoms with Crippen LogP contribution >= 0.6 is 34.8 Å². The Hall–Kier alpha value is -1.17. The Morgan fingerprint density at radius 3 is 2.08 bits per heavy atom. The second-order valence-electron chi connectivity index (χ2n) is 6.06. The molecule has 1 aliphatic carbocycles. The normalized spacial score (nSPS) is 20.5. The summed E-state index contributed by atoms with van der Waals surface area (Å²) in [7, 11) is 0. The van der Waals surface area contributed by atoms with Crippen LogP contribution in [0.3, 0.4) is 0 Å². The van der Waals surface area contributed by atoms with E-state index in [0.717, 1.165) is 9.49 Å². The van der Waals surface area contributed by atoms with Gasteiger partial charge in [-0.05, 0) is 72.6 Å².